The van der Waals surface area contributed by atoms with Crippen molar-refractivity contribution in [3.05, 3.63) is 30.0 Å². The second-order valence-corrected chi connectivity index (χ2v) is 2.52. The second-order valence-electron chi connectivity index (χ2n) is 2.52. The first-order valence-electron chi connectivity index (χ1n) is 3.37. The minimum Gasteiger partial charge on any atom is -0.358 e. The minimum atomic E-state index is -0.410. The number of fused-ring (bicyclic) bond motifs is 1. The van der Waals surface area contributed by atoms with Gasteiger partial charge in [0.2, 0.25) is 5.95 Å². The second kappa shape index (κ2) is 2.05. The molecule has 2 heterocycles. The molecule has 2 nitrogen and oxygen atoms in total. The Morgan fingerprint density at radius 1 is 1.55 bits per heavy atom. The molecule has 0 saturated heterocycles. The van der Waals surface area contributed by atoms with Crippen molar-refractivity contribution < 1.29 is 4.39 Å². The molecule has 2 rings (SSSR count). The number of pyridine rings is 1. The molecule has 0 aliphatic rings. The van der Waals surface area contributed by atoms with Crippen LogP contribution in [-0.4, -0.2) is 9.97 Å². The lowest BCUT2D eigenvalue weighted by atomic mass is 10.3. The van der Waals surface area contributed by atoms with Crippen LogP contribution in [0.1, 0.15) is 5.69 Å². The lowest BCUT2D eigenvalue weighted by Gasteiger charge is -1.87. The zero-order chi connectivity index (χ0) is 7.84. The van der Waals surface area contributed by atoms with Crippen molar-refractivity contribution in [3.8, 4) is 0 Å². The van der Waals surface area contributed by atoms with Crippen molar-refractivity contribution in [1.82, 2.24) is 9.97 Å². The van der Waals surface area contributed by atoms with Crippen molar-refractivity contribution >= 4 is 10.9 Å². The van der Waals surface area contributed by atoms with Crippen molar-refractivity contribution in [2.24, 2.45) is 0 Å². The first kappa shape index (κ1) is 6.34. The molecule has 2 aromatic rings. The monoisotopic (exact) mass is 150 g/mol. The molecular formula is C8H7FN2. The summed E-state index contributed by atoms with van der Waals surface area (Å²) in [5.41, 5.74) is 1.75. The van der Waals surface area contributed by atoms with E-state index in [-0.39, 0.29) is 0 Å². The number of aromatic nitrogens is 2. The van der Waals surface area contributed by atoms with Gasteiger partial charge < -0.3 is 4.98 Å². The van der Waals surface area contributed by atoms with E-state index in [1.807, 2.05) is 6.92 Å². The molecule has 0 fully saturated rings. The van der Waals surface area contributed by atoms with Gasteiger partial charge in [-0.15, -0.1) is 0 Å². The summed E-state index contributed by atoms with van der Waals surface area (Å²) in [6, 6.07) is 3.50. The summed E-state index contributed by atoms with van der Waals surface area (Å²) in [7, 11) is 0. The highest BCUT2D eigenvalue weighted by Gasteiger charge is 2.02. The number of aromatic amines is 1. The van der Waals surface area contributed by atoms with Crippen molar-refractivity contribution in [2.75, 3.05) is 0 Å². The highest BCUT2D eigenvalue weighted by atomic mass is 19.1. The van der Waals surface area contributed by atoms with Crippen LogP contribution in [0.2, 0.25) is 0 Å². The molecule has 0 aliphatic carbocycles. The Kier molecular flexibility index (Phi) is 1.18. The summed E-state index contributed by atoms with van der Waals surface area (Å²) in [4.78, 5) is 6.55. The van der Waals surface area contributed by atoms with Crippen molar-refractivity contribution in [3.63, 3.8) is 0 Å². The van der Waals surface area contributed by atoms with Crippen LogP contribution in [0.15, 0.2) is 18.3 Å². The predicted octanol–water partition coefficient (Wildman–Crippen LogP) is 2.01. The van der Waals surface area contributed by atoms with Crippen LogP contribution in [0.5, 0.6) is 0 Å². The standard InChI is InChI=1S/C8H7FN2/c1-5-4-6-7(11-5)2-3-10-8(6)9/h2-4,11H,1H3. The Hall–Kier alpha value is -1.38. The van der Waals surface area contributed by atoms with Crippen LogP contribution in [0, 0.1) is 12.9 Å². The van der Waals surface area contributed by atoms with Crippen molar-refractivity contribution in [2.45, 2.75) is 6.92 Å². The highest BCUT2D eigenvalue weighted by Crippen LogP contribution is 2.15. The number of rotatable bonds is 0. The average molecular weight is 150 g/mol. The van der Waals surface area contributed by atoms with Crippen LogP contribution in [-0.2, 0) is 0 Å². The molecule has 0 saturated carbocycles. The molecule has 3 heteroatoms. The molecule has 0 unspecified atom stereocenters. The normalized spacial score (nSPS) is 10.7. The van der Waals surface area contributed by atoms with E-state index in [4.69, 9.17) is 0 Å². The van der Waals surface area contributed by atoms with E-state index < -0.39 is 5.95 Å². The van der Waals surface area contributed by atoms with E-state index in [1.54, 1.807) is 12.1 Å². The summed E-state index contributed by atoms with van der Waals surface area (Å²) in [5, 5.41) is 0.560. The van der Waals surface area contributed by atoms with Gasteiger partial charge in [-0.2, -0.15) is 4.39 Å². The Labute approximate surface area is 63.1 Å². The average Bonchev–Trinajstić information content (AvgIpc) is 2.31. The molecule has 2 aromatic heterocycles. The fraction of sp³-hybridized carbons (Fsp3) is 0.125. The predicted molar refractivity (Wildman–Crippen MR) is 40.8 cm³/mol. The SMILES string of the molecule is Cc1cc2c(F)nccc2[nH]1. The van der Waals surface area contributed by atoms with Gasteiger partial charge in [0, 0.05) is 11.9 Å². The van der Waals surface area contributed by atoms with E-state index in [1.165, 1.54) is 6.20 Å². The van der Waals surface area contributed by atoms with Gasteiger partial charge in [-0.3, -0.25) is 0 Å². The Balaban J connectivity index is 2.90. The maximum absolute atomic E-state index is 12.9. The zero-order valence-corrected chi connectivity index (χ0v) is 6.06. The van der Waals surface area contributed by atoms with Crippen molar-refractivity contribution in [1.29, 1.82) is 0 Å². The van der Waals surface area contributed by atoms with E-state index >= 15 is 0 Å². The Bertz CT molecular complexity index is 392. The molecule has 0 spiro atoms. The lowest BCUT2D eigenvalue weighted by Crippen LogP contribution is -1.79. The summed E-state index contributed by atoms with van der Waals surface area (Å²) in [6.45, 7) is 1.89. The molecule has 0 atom stereocenters. The van der Waals surface area contributed by atoms with Gasteiger partial charge >= 0.3 is 0 Å². The zero-order valence-electron chi connectivity index (χ0n) is 6.06. The largest absolute Gasteiger partial charge is 0.358 e. The van der Waals surface area contributed by atoms with Crippen LogP contribution in [0.4, 0.5) is 4.39 Å². The number of nitrogens with one attached hydrogen (secondary N) is 1. The van der Waals surface area contributed by atoms with Crippen LogP contribution >= 0.6 is 0 Å². The lowest BCUT2D eigenvalue weighted by molar-refractivity contribution is 0.597. The van der Waals surface area contributed by atoms with Crippen LogP contribution in [0.25, 0.3) is 10.9 Å². The maximum atomic E-state index is 12.9. The molecule has 1 N–H and O–H groups in total. The first-order valence-corrected chi connectivity index (χ1v) is 3.37. The number of H-pyrrole nitrogens is 1. The molecule has 0 aromatic carbocycles. The van der Waals surface area contributed by atoms with E-state index in [0.29, 0.717) is 5.39 Å². The van der Waals surface area contributed by atoms with Gasteiger partial charge in [-0.1, -0.05) is 0 Å². The Morgan fingerprint density at radius 3 is 3.09 bits per heavy atom. The van der Waals surface area contributed by atoms with Gasteiger partial charge in [-0.05, 0) is 19.1 Å². The fourth-order valence-electron chi connectivity index (χ4n) is 1.16. The number of hydrogen-bond donors (Lipinski definition) is 1. The molecule has 0 radical (unpaired) electrons. The molecule has 56 valence electrons. The van der Waals surface area contributed by atoms with Gasteiger partial charge in [-0.25, -0.2) is 4.98 Å². The summed E-state index contributed by atoms with van der Waals surface area (Å²) in [5.74, 6) is -0.410. The smallest absolute Gasteiger partial charge is 0.222 e. The molecule has 0 bridgehead atoms. The van der Waals surface area contributed by atoms with E-state index in [2.05, 4.69) is 9.97 Å². The summed E-state index contributed by atoms with van der Waals surface area (Å²) in [6.07, 6.45) is 1.45. The number of aryl methyl sites for hydroxylation is 1. The number of hydrogen-bond acceptors (Lipinski definition) is 1. The number of nitrogens with zero attached hydrogens (tertiary/aromatic N) is 1. The maximum Gasteiger partial charge on any atom is 0.222 e. The quantitative estimate of drug-likeness (QED) is 0.572. The topological polar surface area (TPSA) is 28.7 Å². The molecule has 0 aliphatic heterocycles. The third kappa shape index (κ3) is 0.888. The fourth-order valence-corrected chi connectivity index (χ4v) is 1.16. The van der Waals surface area contributed by atoms with Gasteiger partial charge in [0.25, 0.3) is 0 Å². The van der Waals surface area contributed by atoms with Gasteiger partial charge in [0.15, 0.2) is 0 Å². The number of halogens is 1. The minimum absolute atomic E-state index is 0.410. The highest BCUT2D eigenvalue weighted by molar-refractivity contribution is 5.79. The summed E-state index contributed by atoms with van der Waals surface area (Å²) >= 11 is 0. The van der Waals surface area contributed by atoms with E-state index in [0.717, 1.165) is 11.2 Å². The van der Waals surface area contributed by atoms with Crippen LogP contribution < -0.4 is 0 Å². The third-order valence-corrected chi connectivity index (χ3v) is 1.63. The molecule has 0 amide bonds. The van der Waals surface area contributed by atoms with Crippen LogP contribution in [0.3, 0.4) is 0 Å². The first-order chi connectivity index (χ1) is 5.27. The van der Waals surface area contributed by atoms with E-state index in [9.17, 15) is 4.39 Å². The summed E-state index contributed by atoms with van der Waals surface area (Å²) < 4.78 is 12.9. The molecule has 11 heavy (non-hydrogen) atoms. The molecular weight excluding hydrogens is 143 g/mol. The third-order valence-electron chi connectivity index (χ3n) is 1.63. The van der Waals surface area contributed by atoms with Gasteiger partial charge in [0.1, 0.15) is 0 Å². The van der Waals surface area contributed by atoms with Gasteiger partial charge in [0.05, 0.1) is 10.9 Å². The Morgan fingerprint density at radius 2 is 2.36 bits per heavy atom.